The predicted molar refractivity (Wildman–Crippen MR) is 82.6 cm³/mol. The summed E-state index contributed by atoms with van der Waals surface area (Å²) in [5, 5.41) is 3.39. The van der Waals surface area contributed by atoms with Crippen molar-refractivity contribution in [3.05, 3.63) is 42.5 Å². The van der Waals surface area contributed by atoms with Crippen molar-refractivity contribution in [3.63, 3.8) is 0 Å². The lowest BCUT2D eigenvalue weighted by Gasteiger charge is -2.17. The molecule has 0 bridgehead atoms. The molecule has 21 heavy (non-hydrogen) atoms. The summed E-state index contributed by atoms with van der Waals surface area (Å²) in [6.45, 7) is 6.18. The van der Waals surface area contributed by atoms with Gasteiger partial charge in [0.15, 0.2) is 11.6 Å². The van der Waals surface area contributed by atoms with Crippen LogP contribution in [-0.4, -0.2) is 23.2 Å². The van der Waals surface area contributed by atoms with E-state index < -0.39 is 11.6 Å². The van der Waals surface area contributed by atoms with E-state index in [4.69, 9.17) is 0 Å². The molecular formula is C15H16F2N2OS. The standard InChI is InChI=1S/C15H16F2N2OS/c1-3-6-21-15-13(9(2)8-18-15)14(20)19-10-4-5-11(16)12(17)7-10/h3-5,7,9,13H,1,6,8H2,2H3,(H,19,20). The maximum absolute atomic E-state index is 13.2. The first-order chi connectivity index (χ1) is 10.0. The first kappa shape index (κ1) is 15.7. The van der Waals surface area contributed by atoms with Crippen molar-refractivity contribution in [1.29, 1.82) is 0 Å². The van der Waals surface area contributed by atoms with Crippen LogP contribution in [-0.2, 0) is 4.79 Å². The summed E-state index contributed by atoms with van der Waals surface area (Å²) >= 11 is 1.48. The van der Waals surface area contributed by atoms with Gasteiger partial charge in [0.1, 0.15) is 0 Å². The molecule has 1 amide bonds. The highest BCUT2D eigenvalue weighted by Gasteiger charge is 2.34. The molecule has 1 aromatic carbocycles. The average Bonchev–Trinajstić information content (AvgIpc) is 2.81. The Bertz CT molecular complexity index is 589. The molecule has 0 fully saturated rings. The lowest BCUT2D eigenvalue weighted by Crippen LogP contribution is -2.30. The quantitative estimate of drug-likeness (QED) is 0.865. The summed E-state index contributed by atoms with van der Waals surface area (Å²) in [5.41, 5.74) is 0.242. The number of hydrogen-bond donors (Lipinski definition) is 1. The average molecular weight is 310 g/mol. The Morgan fingerprint density at radius 2 is 2.29 bits per heavy atom. The Hall–Kier alpha value is -1.69. The number of carbonyl (C=O) groups is 1. The fourth-order valence-electron chi connectivity index (χ4n) is 2.13. The molecule has 0 saturated carbocycles. The molecule has 1 aliphatic rings. The number of amides is 1. The van der Waals surface area contributed by atoms with Gasteiger partial charge in [0.05, 0.1) is 11.0 Å². The number of halogens is 2. The van der Waals surface area contributed by atoms with Crippen molar-refractivity contribution in [2.24, 2.45) is 16.8 Å². The van der Waals surface area contributed by atoms with Gasteiger partial charge in [-0.15, -0.1) is 18.3 Å². The minimum Gasteiger partial charge on any atom is -0.325 e. The normalized spacial score (nSPS) is 21.0. The van der Waals surface area contributed by atoms with Crippen molar-refractivity contribution in [2.45, 2.75) is 6.92 Å². The second kappa shape index (κ2) is 6.85. The summed E-state index contributed by atoms with van der Waals surface area (Å²) in [4.78, 5) is 16.7. The van der Waals surface area contributed by atoms with Gasteiger partial charge in [-0.05, 0) is 18.1 Å². The van der Waals surface area contributed by atoms with E-state index >= 15 is 0 Å². The number of hydrogen-bond acceptors (Lipinski definition) is 3. The van der Waals surface area contributed by atoms with Crippen molar-refractivity contribution < 1.29 is 13.6 Å². The van der Waals surface area contributed by atoms with Gasteiger partial charge in [-0.25, -0.2) is 8.78 Å². The van der Waals surface area contributed by atoms with E-state index in [0.29, 0.717) is 12.3 Å². The topological polar surface area (TPSA) is 41.5 Å². The van der Waals surface area contributed by atoms with Crippen molar-refractivity contribution in [3.8, 4) is 0 Å². The van der Waals surface area contributed by atoms with Crippen LogP contribution in [0.4, 0.5) is 14.5 Å². The molecular weight excluding hydrogens is 294 g/mol. The van der Waals surface area contributed by atoms with Crippen LogP contribution in [0.2, 0.25) is 0 Å². The van der Waals surface area contributed by atoms with E-state index in [2.05, 4.69) is 16.9 Å². The molecule has 1 aliphatic heterocycles. The molecule has 1 aromatic rings. The maximum atomic E-state index is 13.2. The lowest BCUT2D eigenvalue weighted by molar-refractivity contribution is -0.118. The Kier molecular flexibility index (Phi) is 5.12. The van der Waals surface area contributed by atoms with Crippen LogP contribution >= 0.6 is 11.8 Å². The highest BCUT2D eigenvalue weighted by Crippen LogP contribution is 2.29. The molecule has 112 valence electrons. The summed E-state index contributed by atoms with van der Waals surface area (Å²) in [5.74, 6) is -1.76. The number of aliphatic imine (C=N–C) groups is 1. The molecule has 2 atom stereocenters. The molecule has 0 saturated heterocycles. The minimum absolute atomic E-state index is 0.0858. The Morgan fingerprint density at radius 3 is 2.95 bits per heavy atom. The molecule has 0 aliphatic carbocycles. The van der Waals surface area contributed by atoms with Crippen molar-refractivity contribution in [1.82, 2.24) is 0 Å². The van der Waals surface area contributed by atoms with Gasteiger partial charge in [-0.2, -0.15) is 0 Å². The lowest BCUT2D eigenvalue weighted by atomic mass is 9.97. The van der Waals surface area contributed by atoms with Gasteiger partial charge in [0, 0.05) is 24.1 Å². The molecule has 0 spiro atoms. The fraction of sp³-hybridized carbons (Fsp3) is 0.333. The molecule has 2 unspecified atom stereocenters. The van der Waals surface area contributed by atoms with Crippen LogP contribution in [0.15, 0.2) is 35.8 Å². The summed E-state index contributed by atoms with van der Waals surface area (Å²) in [7, 11) is 0. The largest absolute Gasteiger partial charge is 0.325 e. The first-order valence-electron chi connectivity index (χ1n) is 6.57. The van der Waals surface area contributed by atoms with E-state index in [9.17, 15) is 13.6 Å². The molecule has 6 heteroatoms. The Balaban J connectivity index is 2.09. The van der Waals surface area contributed by atoms with Crippen molar-refractivity contribution >= 4 is 28.4 Å². The zero-order valence-corrected chi connectivity index (χ0v) is 12.4. The van der Waals surface area contributed by atoms with Gasteiger partial charge in [-0.3, -0.25) is 9.79 Å². The van der Waals surface area contributed by atoms with Crippen LogP contribution in [0.3, 0.4) is 0 Å². The zero-order chi connectivity index (χ0) is 15.4. The zero-order valence-electron chi connectivity index (χ0n) is 11.6. The second-order valence-electron chi connectivity index (χ2n) is 4.85. The number of carbonyl (C=O) groups excluding carboxylic acids is 1. The van der Waals surface area contributed by atoms with E-state index in [1.54, 1.807) is 6.08 Å². The number of benzene rings is 1. The van der Waals surface area contributed by atoms with Crippen molar-refractivity contribution in [2.75, 3.05) is 17.6 Å². The summed E-state index contributed by atoms with van der Waals surface area (Å²) in [6, 6.07) is 3.30. The fourth-order valence-corrected chi connectivity index (χ4v) is 3.10. The van der Waals surface area contributed by atoms with E-state index in [1.165, 1.54) is 17.8 Å². The Labute approximate surface area is 126 Å². The van der Waals surface area contributed by atoms with E-state index in [-0.39, 0.29) is 23.4 Å². The SMILES string of the molecule is C=CCSC1=NCC(C)C1C(=O)Nc1ccc(F)c(F)c1. The number of rotatable bonds is 4. The molecule has 1 N–H and O–H groups in total. The highest BCUT2D eigenvalue weighted by molar-refractivity contribution is 8.14. The molecule has 1 heterocycles. The number of anilines is 1. The van der Waals surface area contributed by atoms with Crippen LogP contribution in [0, 0.1) is 23.5 Å². The molecule has 2 rings (SSSR count). The summed E-state index contributed by atoms with van der Waals surface area (Å²) in [6.07, 6.45) is 1.75. The smallest absolute Gasteiger partial charge is 0.234 e. The third-order valence-corrected chi connectivity index (χ3v) is 4.27. The van der Waals surface area contributed by atoms with Crippen LogP contribution in [0.5, 0.6) is 0 Å². The van der Waals surface area contributed by atoms with E-state index in [1.807, 2.05) is 6.92 Å². The highest BCUT2D eigenvalue weighted by atomic mass is 32.2. The third-order valence-electron chi connectivity index (χ3n) is 3.19. The molecule has 3 nitrogen and oxygen atoms in total. The summed E-state index contributed by atoms with van der Waals surface area (Å²) < 4.78 is 26.0. The molecule has 0 aromatic heterocycles. The molecule has 0 radical (unpaired) electrons. The van der Waals surface area contributed by atoms with Crippen LogP contribution in [0.1, 0.15) is 6.92 Å². The number of thioether (sulfide) groups is 1. The van der Waals surface area contributed by atoms with Gasteiger partial charge in [0.25, 0.3) is 0 Å². The third kappa shape index (κ3) is 3.69. The van der Waals surface area contributed by atoms with Gasteiger partial charge in [-0.1, -0.05) is 13.0 Å². The minimum atomic E-state index is -0.984. The van der Waals surface area contributed by atoms with Gasteiger partial charge in [0.2, 0.25) is 5.91 Å². The predicted octanol–water partition coefficient (Wildman–Crippen LogP) is 3.49. The maximum Gasteiger partial charge on any atom is 0.234 e. The number of nitrogens with one attached hydrogen (secondary N) is 1. The van der Waals surface area contributed by atoms with E-state index in [0.717, 1.165) is 17.2 Å². The second-order valence-corrected chi connectivity index (χ2v) is 5.89. The first-order valence-corrected chi connectivity index (χ1v) is 7.55. The van der Waals surface area contributed by atoms with Gasteiger partial charge < -0.3 is 5.32 Å². The number of nitrogens with zero attached hydrogens (tertiary/aromatic N) is 1. The van der Waals surface area contributed by atoms with Gasteiger partial charge >= 0.3 is 0 Å². The van der Waals surface area contributed by atoms with Crippen LogP contribution in [0.25, 0.3) is 0 Å². The Morgan fingerprint density at radius 1 is 1.52 bits per heavy atom. The van der Waals surface area contributed by atoms with Crippen LogP contribution < -0.4 is 5.32 Å². The monoisotopic (exact) mass is 310 g/mol.